The van der Waals surface area contributed by atoms with E-state index in [2.05, 4.69) is 10.2 Å². The van der Waals surface area contributed by atoms with Gasteiger partial charge in [0.25, 0.3) is 0 Å². The predicted molar refractivity (Wildman–Crippen MR) is 91.3 cm³/mol. The third kappa shape index (κ3) is 3.45. The largest absolute Gasteiger partial charge is 0.393 e. The zero-order valence-electron chi connectivity index (χ0n) is 14.9. The Labute approximate surface area is 144 Å². The van der Waals surface area contributed by atoms with E-state index in [-0.39, 0.29) is 23.8 Å². The topological polar surface area (TPSA) is 72.9 Å². The lowest BCUT2D eigenvalue weighted by atomic mass is 9.78. The number of β-lactam (4-membered cyclic amide) rings is 1. The molecule has 0 aromatic heterocycles. The summed E-state index contributed by atoms with van der Waals surface area (Å²) < 4.78 is 0. The number of hydrogen-bond donors (Lipinski definition) is 2. The first kappa shape index (κ1) is 17.7. The minimum atomic E-state index is -0.706. The molecule has 2 aliphatic heterocycles. The van der Waals surface area contributed by atoms with Crippen LogP contribution in [0.2, 0.25) is 0 Å². The summed E-state index contributed by atoms with van der Waals surface area (Å²) in [6, 6.07) is 0.473. The van der Waals surface area contributed by atoms with Crippen molar-refractivity contribution in [1.82, 2.24) is 15.1 Å². The van der Waals surface area contributed by atoms with E-state index < -0.39 is 12.0 Å². The summed E-state index contributed by atoms with van der Waals surface area (Å²) in [5.74, 6) is -0.762. The molecular formula is C18H31N3O3. The van der Waals surface area contributed by atoms with E-state index in [4.69, 9.17) is 0 Å². The van der Waals surface area contributed by atoms with Crippen LogP contribution < -0.4 is 5.32 Å². The zero-order valence-corrected chi connectivity index (χ0v) is 14.9. The van der Waals surface area contributed by atoms with Gasteiger partial charge in [0.15, 0.2) is 0 Å². The SMILES string of the molecule is CC(C(=O)N1CCN(C2CCCCC2)CC1)[C@H]1NC(=O)[C@@H]1[C@@H](C)O. The molecule has 2 saturated heterocycles. The molecule has 2 N–H and O–H groups in total. The number of aliphatic hydroxyl groups excluding tert-OH is 1. The van der Waals surface area contributed by atoms with Crippen molar-refractivity contribution < 1.29 is 14.7 Å². The Balaban J connectivity index is 1.50. The fraction of sp³-hybridized carbons (Fsp3) is 0.889. The average molecular weight is 337 g/mol. The van der Waals surface area contributed by atoms with Crippen LogP contribution in [0.1, 0.15) is 46.0 Å². The summed E-state index contributed by atoms with van der Waals surface area (Å²) in [6.45, 7) is 6.96. The van der Waals surface area contributed by atoms with E-state index >= 15 is 0 Å². The molecule has 4 atom stereocenters. The van der Waals surface area contributed by atoms with Crippen LogP contribution in [0.15, 0.2) is 0 Å². The molecule has 24 heavy (non-hydrogen) atoms. The van der Waals surface area contributed by atoms with Crippen molar-refractivity contribution >= 4 is 11.8 Å². The highest BCUT2D eigenvalue weighted by molar-refractivity contribution is 5.90. The molecule has 0 aromatic rings. The van der Waals surface area contributed by atoms with Crippen molar-refractivity contribution in [2.24, 2.45) is 11.8 Å². The summed E-state index contributed by atoms with van der Waals surface area (Å²) in [6.07, 6.45) is 5.93. The first-order valence-electron chi connectivity index (χ1n) is 9.50. The maximum Gasteiger partial charge on any atom is 0.228 e. The lowest BCUT2D eigenvalue weighted by Crippen LogP contribution is -2.66. The van der Waals surface area contributed by atoms with Crippen molar-refractivity contribution in [1.29, 1.82) is 0 Å². The highest BCUT2D eigenvalue weighted by Crippen LogP contribution is 2.28. The summed E-state index contributed by atoms with van der Waals surface area (Å²) in [5, 5.41) is 12.5. The number of hydrogen-bond acceptors (Lipinski definition) is 4. The van der Waals surface area contributed by atoms with Gasteiger partial charge in [0.2, 0.25) is 11.8 Å². The number of nitrogens with zero attached hydrogens (tertiary/aromatic N) is 2. The summed E-state index contributed by atoms with van der Waals surface area (Å²) in [5.41, 5.74) is 0. The molecule has 2 amide bonds. The monoisotopic (exact) mass is 337 g/mol. The van der Waals surface area contributed by atoms with Gasteiger partial charge < -0.3 is 15.3 Å². The average Bonchev–Trinajstić information content (AvgIpc) is 2.58. The van der Waals surface area contributed by atoms with Gasteiger partial charge in [-0.1, -0.05) is 26.2 Å². The van der Waals surface area contributed by atoms with E-state index in [0.29, 0.717) is 6.04 Å². The number of carbonyl (C=O) groups excluding carboxylic acids is 2. The van der Waals surface area contributed by atoms with Crippen LogP contribution in [0, 0.1) is 11.8 Å². The van der Waals surface area contributed by atoms with E-state index in [1.54, 1.807) is 6.92 Å². The Morgan fingerprint density at radius 2 is 1.75 bits per heavy atom. The van der Waals surface area contributed by atoms with Gasteiger partial charge in [0.1, 0.15) is 0 Å². The van der Waals surface area contributed by atoms with Gasteiger partial charge in [0, 0.05) is 32.2 Å². The fourth-order valence-corrected chi connectivity index (χ4v) is 4.57. The first-order chi connectivity index (χ1) is 11.5. The molecule has 3 aliphatic rings. The molecular weight excluding hydrogens is 306 g/mol. The summed E-state index contributed by atoms with van der Waals surface area (Å²) in [4.78, 5) is 28.9. The molecule has 1 aliphatic carbocycles. The van der Waals surface area contributed by atoms with Crippen LogP contribution in [0.25, 0.3) is 0 Å². The maximum absolute atomic E-state index is 12.8. The van der Waals surface area contributed by atoms with E-state index in [1.807, 2.05) is 11.8 Å². The van der Waals surface area contributed by atoms with Crippen molar-refractivity contribution in [3.05, 3.63) is 0 Å². The fourth-order valence-electron chi connectivity index (χ4n) is 4.57. The second-order valence-electron chi connectivity index (χ2n) is 7.74. The quantitative estimate of drug-likeness (QED) is 0.737. The van der Waals surface area contributed by atoms with Crippen molar-refractivity contribution in [2.45, 2.75) is 64.1 Å². The third-order valence-corrected chi connectivity index (χ3v) is 6.16. The molecule has 0 aromatic carbocycles. The van der Waals surface area contributed by atoms with Crippen LogP contribution in [0.5, 0.6) is 0 Å². The van der Waals surface area contributed by atoms with Crippen LogP contribution >= 0.6 is 0 Å². The zero-order chi connectivity index (χ0) is 17.3. The Morgan fingerprint density at radius 3 is 2.29 bits per heavy atom. The Kier molecular flexibility index (Phi) is 5.45. The number of carbonyl (C=O) groups is 2. The highest BCUT2D eigenvalue weighted by atomic mass is 16.3. The van der Waals surface area contributed by atoms with Crippen LogP contribution in [0.4, 0.5) is 0 Å². The minimum Gasteiger partial charge on any atom is -0.393 e. The van der Waals surface area contributed by atoms with Crippen molar-refractivity contribution in [3.63, 3.8) is 0 Å². The Morgan fingerprint density at radius 1 is 1.12 bits per heavy atom. The van der Waals surface area contributed by atoms with Crippen molar-refractivity contribution in [3.8, 4) is 0 Å². The number of piperazine rings is 1. The van der Waals surface area contributed by atoms with Gasteiger partial charge in [-0.05, 0) is 19.8 Å². The normalized spacial score (nSPS) is 32.0. The number of rotatable bonds is 4. The first-order valence-corrected chi connectivity index (χ1v) is 9.50. The van der Waals surface area contributed by atoms with Gasteiger partial charge >= 0.3 is 0 Å². The second-order valence-corrected chi connectivity index (χ2v) is 7.74. The lowest BCUT2D eigenvalue weighted by Gasteiger charge is -2.45. The minimum absolute atomic E-state index is 0.106. The number of amides is 2. The van der Waals surface area contributed by atoms with Gasteiger partial charge in [-0.25, -0.2) is 0 Å². The van der Waals surface area contributed by atoms with Crippen LogP contribution in [-0.2, 0) is 9.59 Å². The molecule has 136 valence electrons. The molecule has 2 heterocycles. The lowest BCUT2D eigenvalue weighted by molar-refractivity contribution is -0.149. The second kappa shape index (κ2) is 7.40. The van der Waals surface area contributed by atoms with Gasteiger partial charge in [-0.15, -0.1) is 0 Å². The Hall–Kier alpha value is -1.14. The third-order valence-electron chi connectivity index (χ3n) is 6.16. The Bertz CT molecular complexity index is 468. The van der Waals surface area contributed by atoms with Gasteiger partial charge in [0.05, 0.1) is 24.0 Å². The van der Waals surface area contributed by atoms with E-state index in [0.717, 1.165) is 26.2 Å². The van der Waals surface area contributed by atoms with E-state index in [9.17, 15) is 14.7 Å². The summed E-state index contributed by atoms with van der Waals surface area (Å²) >= 11 is 0. The van der Waals surface area contributed by atoms with Crippen molar-refractivity contribution in [2.75, 3.05) is 26.2 Å². The molecule has 1 unspecified atom stereocenters. The maximum atomic E-state index is 12.8. The molecule has 3 fully saturated rings. The molecule has 6 heteroatoms. The van der Waals surface area contributed by atoms with E-state index in [1.165, 1.54) is 32.1 Å². The molecule has 0 spiro atoms. The molecule has 3 rings (SSSR count). The smallest absolute Gasteiger partial charge is 0.228 e. The molecule has 0 bridgehead atoms. The molecule has 0 radical (unpaired) electrons. The standard InChI is InChI=1S/C18H31N3O3/c1-12(16-15(13(2)22)17(23)19-16)18(24)21-10-8-20(9-11-21)14-6-4-3-5-7-14/h12-16,22H,3-11H2,1-2H3,(H,19,23)/t12?,13-,15-,16-/m1/s1. The van der Waals surface area contributed by atoms with Crippen LogP contribution in [0.3, 0.4) is 0 Å². The number of nitrogens with one attached hydrogen (secondary N) is 1. The summed E-state index contributed by atoms with van der Waals surface area (Å²) in [7, 11) is 0. The molecule has 6 nitrogen and oxygen atoms in total. The predicted octanol–water partition coefficient (Wildman–Crippen LogP) is 0.595. The highest BCUT2D eigenvalue weighted by Gasteiger charge is 2.48. The number of aliphatic hydroxyl groups is 1. The van der Waals surface area contributed by atoms with Gasteiger partial charge in [-0.3, -0.25) is 14.5 Å². The molecule has 1 saturated carbocycles. The van der Waals surface area contributed by atoms with Gasteiger partial charge in [-0.2, -0.15) is 0 Å². The van der Waals surface area contributed by atoms with Crippen LogP contribution in [-0.4, -0.2) is 71.1 Å².